The van der Waals surface area contributed by atoms with E-state index < -0.39 is 0 Å². The Balaban J connectivity index is 2.66. The molecule has 0 aliphatic heterocycles. The van der Waals surface area contributed by atoms with Gasteiger partial charge in [0.05, 0.1) is 26.1 Å². The average Bonchev–Trinajstić information content (AvgIpc) is 2.55. The van der Waals surface area contributed by atoms with Gasteiger partial charge in [0.15, 0.2) is 0 Å². The first-order valence-corrected chi connectivity index (χ1v) is 8.18. The van der Waals surface area contributed by atoms with Crippen molar-refractivity contribution in [3.8, 4) is 0 Å². The van der Waals surface area contributed by atoms with Gasteiger partial charge in [-0.2, -0.15) is 0 Å². The molecule has 0 aromatic heterocycles. The van der Waals surface area contributed by atoms with E-state index >= 15 is 0 Å². The van der Waals surface area contributed by atoms with Crippen molar-refractivity contribution in [2.45, 2.75) is 39.7 Å². The molecule has 0 fully saturated rings. The topological polar surface area (TPSA) is 55.8 Å². The van der Waals surface area contributed by atoms with Crippen molar-refractivity contribution >= 4 is 11.9 Å². The molecule has 0 aliphatic carbocycles. The van der Waals surface area contributed by atoms with E-state index in [-0.39, 0.29) is 18.0 Å². The lowest BCUT2D eigenvalue weighted by Crippen LogP contribution is -2.32. The fourth-order valence-electron chi connectivity index (χ4n) is 2.38. The molecule has 5 heteroatoms. The van der Waals surface area contributed by atoms with Gasteiger partial charge in [0.25, 0.3) is 0 Å². The molecule has 0 aliphatic rings. The predicted molar refractivity (Wildman–Crippen MR) is 88.9 cm³/mol. The number of hydrogen-bond acceptors (Lipinski definition) is 5. The van der Waals surface area contributed by atoms with Crippen LogP contribution in [-0.2, 0) is 19.1 Å². The van der Waals surface area contributed by atoms with Crippen LogP contribution in [0, 0.1) is 0 Å². The van der Waals surface area contributed by atoms with Gasteiger partial charge in [-0.25, -0.2) is 0 Å². The highest BCUT2D eigenvalue weighted by molar-refractivity contribution is 5.70. The van der Waals surface area contributed by atoms with Gasteiger partial charge in [-0.3, -0.25) is 14.5 Å². The largest absolute Gasteiger partial charge is 0.466 e. The van der Waals surface area contributed by atoms with Crippen LogP contribution < -0.4 is 0 Å². The number of benzene rings is 1. The summed E-state index contributed by atoms with van der Waals surface area (Å²) in [6, 6.07) is 10.2. The molecule has 0 amide bonds. The first-order valence-electron chi connectivity index (χ1n) is 8.18. The summed E-state index contributed by atoms with van der Waals surface area (Å²) in [5, 5.41) is 0. The van der Waals surface area contributed by atoms with Crippen molar-refractivity contribution in [3.05, 3.63) is 35.9 Å². The maximum absolute atomic E-state index is 11.6. The van der Waals surface area contributed by atoms with Crippen LogP contribution in [0.25, 0.3) is 0 Å². The van der Waals surface area contributed by atoms with Gasteiger partial charge in [0.1, 0.15) is 0 Å². The highest BCUT2D eigenvalue weighted by Gasteiger charge is 2.18. The third-order valence-corrected chi connectivity index (χ3v) is 3.65. The van der Waals surface area contributed by atoms with Crippen LogP contribution in [-0.4, -0.2) is 43.1 Å². The SMILES string of the molecule is CCOC(=O)CCN(CCC(=O)OCC)C(C)c1ccccc1. The first kappa shape index (κ1) is 19.2. The van der Waals surface area contributed by atoms with Crippen LogP contribution in [0.1, 0.15) is 45.2 Å². The van der Waals surface area contributed by atoms with Crippen LogP contribution in [0.15, 0.2) is 30.3 Å². The number of nitrogens with zero attached hydrogens (tertiary/aromatic N) is 1. The first-order chi connectivity index (χ1) is 11.1. The summed E-state index contributed by atoms with van der Waals surface area (Å²) in [5.41, 5.74) is 1.15. The Morgan fingerprint density at radius 1 is 0.957 bits per heavy atom. The van der Waals surface area contributed by atoms with E-state index in [0.29, 0.717) is 39.1 Å². The fraction of sp³-hybridized carbons (Fsp3) is 0.556. The summed E-state index contributed by atoms with van der Waals surface area (Å²) < 4.78 is 9.97. The van der Waals surface area contributed by atoms with E-state index in [4.69, 9.17) is 9.47 Å². The smallest absolute Gasteiger partial charge is 0.307 e. The van der Waals surface area contributed by atoms with Gasteiger partial charge >= 0.3 is 11.9 Å². The Labute approximate surface area is 138 Å². The predicted octanol–water partition coefficient (Wildman–Crippen LogP) is 2.96. The van der Waals surface area contributed by atoms with E-state index in [2.05, 4.69) is 11.8 Å². The third kappa shape index (κ3) is 7.28. The molecule has 0 saturated carbocycles. The van der Waals surface area contributed by atoms with Crippen molar-refractivity contribution in [2.75, 3.05) is 26.3 Å². The van der Waals surface area contributed by atoms with Gasteiger partial charge in [-0.05, 0) is 26.3 Å². The van der Waals surface area contributed by atoms with Gasteiger partial charge in [-0.15, -0.1) is 0 Å². The highest BCUT2D eigenvalue weighted by Crippen LogP contribution is 2.20. The molecule has 5 nitrogen and oxygen atoms in total. The van der Waals surface area contributed by atoms with Crippen LogP contribution in [0.3, 0.4) is 0 Å². The standard InChI is InChI=1S/C18H27NO4/c1-4-22-17(20)11-13-19(14-12-18(21)23-5-2)15(3)16-9-7-6-8-10-16/h6-10,15H,4-5,11-14H2,1-3H3. The van der Waals surface area contributed by atoms with E-state index in [1.165, 1.54) is 0 Å². The molecule has 0 saturated heterocycles. The van der Waals surface area contributed by atoms with Crippen LogP contribution in [0.2, 0.25) is 0 Å². The van der Waals surface area contributed by atoms with E-state index in [9.17, 15) is 9.59 Å². The summed E-state index contributed by atoms with van der Waals surface area (Å²) in [6.07, 6.45) is 0.627. The molecule has 0 N–H and O–H groups in total. The Kier molecular flexibility index (Phi) is 8.98. The minimum absolute atomic E-state index is 0.111. The number of hydrogen-bond donors (Lipinski definition) is 0. The Morgan fingerprint density at radius 3 is 1.87 bits per heavy atom. The van der Waals surface area contributed by atoms with Gasteiger partial charge < -0.3 is 9.47 Å². The van der Waals surface area contributed by atoms with E-state index in [1.54, 1.807) is 13.8 Å². The Morgan fingerprint density at radius 2 is 1.43 bits per heavy atom. The fourth-order valence-corrected chi connectivity index (χ4v) is 2.38. The lowest BCUT2D eigenvalue weighted by atomic mass is 10.1. The molecular formula is C18H27NO4. The number of ether oxygens (including phenoxy) is 2. The van der Waals surface area contributed by atoms with Crippen molar-refractivity contribution < 1.29 is 19.1 Å². The molecule has 0 radical (unpaired) electrons. The molecule has 0 bridgehead atoms. The molecule has 1 atom stereocenters. The molecule has 0 spiro atoms. The summed E-state index contributed by atoms with van der Waals surface area (Å²) in [7, 11) is 0. The van der Waals surface area contributed by atoms with Gasteiger partial charge in [-0.1, -0.05) is 30.3 Å². The van der Waals surface area contributed by atoms with Crippen LogP contribution >= 0.6 is 0 Å². The molecule has 1 rings (SSSR count). The average molecular weight is 321 g/mol. The Hall–Kier alpha value is -1.88. The number of esters is 2. The van der Waals surface area contributed by atoms with Crippen molar-refractivity contribution in [1.29, 1.82) is 0 Å². The normalized spacial score (nSPS) is 12.0. The molecular weight excluding hydrogens is 294 g/mol. The Bertz CT molecular complexity index is 453. The zero-order valence-corrected chi connectivity index (χ0v) is 14.3. The third-order valence-electron chi connectivity index (χ3n) is 3.65. The second kappa shape index (κ2) is 10.8. The summed E-state index contributed by atoms with van der Waals surface area (Å²) >= 11 is 0. The summed E-state index contributed by atoms with van der Waals surface area (Å²) in [5.74, 6) is -0.428. The lowest BCUT2D eigenvalue weighted by molar-refractivity contribution is -0.143. The van der Waals surface area contributed by atoms with Gasteiger partial charge in [0, 0.05) is 19.1 Å². The minimum Gasteiger partial charge on any atom is -0.466 e. The summed E-state index contributed by atoms with van der Waals surface area (Å²) in [6.45, 7) is 7.53. The lowest BCUT2D eigenvalue weighted by Gasteiger charge is -2.29. The quantitative estimate of drug-likeness (QED) is 0.620. The maximum atomic E-state index is 11.6. The molecule has 1 unspecified atom stereocenters. The molecule has 1 aromatic rings. The zero-order chi connectivity index (χ0) is 17.1. The second-order valence-corrected chi connectivity index (χ2v) is 5.23. The second-order valence-electron chi connectivity index (χ2n) is 5.23. The van der Waals surface area contributed by atoms with E-state index in [0.717, 1.165) is 5.56 Å². The van der Waals surface area contributed by atoms with Crippen LogP contribution in [0.4, 0.5) is 0 Å². The van der Waals surface area contributed by atoms with Crippen molar-refractivity contribution in [2.24, 2.45) is 0 Å². The van der Waals surface area contributed by atoms with Crippen molar-refractivity contribution in [1.82, 2.24) is 4.90 Å². The zero-order valence-electron chi connectivity index (χ0n) is 14.3. The highest BCUT2D eigenvalue weighted by atomic mass is 16.5. The molecule has 1 aromatic carbocycles. The number of carbonyl (C=O) groups excluding carboxylic acids is 2. The van der Waals surface area contributed by atoms with Gasteiger partial charge in [0.2, 0.25) is 0 Å². The van der Waals surface area contributed by atoms with Crippen molar-refractivity contribution in [3.63, 3.8) is 0 Å². The van der Waals surface area contributed by atoms with Crippen LogP contribution in [0.5, 0.6) is 0 Å². The molecule has 23 heavy (non-hydrogen) atoms. The minimum atomic E-state index is -0.214. The number of carbonyl (C=O) groups is 2. The monoisotopic (exact) mass is 321 g/mol. The van der Waals surface area contributed by atoms with E-state index in [1.807, 2.05) is 30.3 Å². The molecule has 128 valence electrons. The summed E-state index contributed by atoms with van der Waals surface area (Å²) in [4.78, 5) is 25.3. The molecule has 0 heterocycles. The number of rotatable bonds is 10. The maximum Gasteiger partial charge on any atom is 0.307 e.